The molecule has 0 aromatic heterocycles. The summed E-state index contributed by atoms with van der Waals surface area (Å²) in [6.45, 7) is 3.27. The Morgan fingerprint density at radius 1 is 1.04 bits per heavy atom. The van der Waals surface area contributed by atoms with Gasteiger partial charge in [-0.3, -0.25) is 19.2 Å². The van der Waals surface area contributed by atoms with Crippen molar-refractivity contribution in [1.82, 2.24) is 10.2 Å². The number of hydrogen-bond acceptors (Lipinski definition) is 7. The first-order valence-corrected chi connectivity index (χ1v) is 15.6. The molecule has 0 unspecified atom stereocenters. The predicted octanol–water partition coefficient (Wildman–Crippen LogP) is 3.26. The second-order valence-corrected chi connectivity index (χ2v) is 12.4. The third kappa shape index (κ3) is 5.34. The van der Waals surface area contributed by atoms with Gasteiger partial charge < -0.3 is 29.7 Å². The fourth-order valence-corrected chi connectivity index (χ4v) is 7.54. The molecule has 2 aromatic rings. The van der Waals surface area contributed by atoms with Crippen LogP contribution in [0.25, 0.3) is 0 Å². The van der Waals surface area contributed by atoms with Crippen molar-refractivity contribution < 1.29 is 33.8 Å². The average molecular weight is 634 g/mol. The zero-order chi connectivity index (χ0) is 31.9. The molecule has 2 saturated heterocycles. The molecule has 236 valence electrons. The van der Waals surface area contributed by atoms with Crippen LogP contribution in [0.3, 0.4) is 0 Å². The number of carbonyl (C=O) groups excluding carboxylic acids is 4. The van der Waals surface area contributed by atoms with Gasteiger partial charge in [0.15, 0.2) is 0 Å². The van der Waals surface area contributed by atoms with E-state index in [2.05, 4.69) is 5.32 Å². The molecule has 0 radical (unpaired) electrons. The molecule has 11 heteroatoms. The van der Waals surface area contributed by atoms with Gasteiger partial charge in [-0.1, -0.05) is 78.4 Å². The van der Waals surface area contributed by atoms with Gasteiger partial charge >= 0.3 is 5.97 Å². The number of fused-ring (bicyclic) bond motifs is 2. The molecule has 45 heavy (non-hydrogen) atoms. The number of aryl methyl sites for hydroxylation is 1. The first-order valence-electron chi connectivity index (χ1n) is 15.2. The van der Waals surface area contributed by atoms with Gasteiger partial charge in [-0.05, 0) is 37.5 Å². The molecule has 1 spiro atoms. The number of hydrogen-bond donors (Lipinski definition) is 2. The fraction of sp³-hybridized carbons (Fsp3) is 0.412. The van der Waals surface area contributed by atoms with E-state index in [9.17, 15) is 24.3 Å². The van der Waals surface area contributed by atoms with Gasteiger partial charge in [0.05, 0.1) is 35.4 Å². The topological polar surface area (TPSA) is 125 Å². The molecule has 4 heterocycles. The number of benzene rings is 2. The summed E-state index contributed by atoms with van der Waals surface area (Å²) in [6, 6.07) is 12.7. The van der Waals surface area contributed by atoms with Crippen LogP contribution in [-0.4, -0.2) is 77.2 Å². The van der Waals surface area contributed by atoms with Crippen LogP contribution in [-0.2, 0) is 28.7 Å². The smallest absolute Gasteiger partial charge is 0.313 e. The van der Waals surface area contributed by atoms with E-state index in [1.807, 2.05) is 43.3 Å². The number of ether oxygens (including phenoxy) is 2. The highest BCUT2D eigenvalue weighted by Crippen LogP contribution is 2.53. The maximum atomic E-state index is 14.5. The molecule has 4 aliphatic heterocycles. The highest BCUT2D eigenvalue weighted by molar-refractivity contribution is 6.34. The van der Waals surface area contributed by atoms with Crippen LogP contribution >= 0.6 is 11.6 Å². The van der Waals surface area contributed by atoms with Crippen LogP contribution in [0.4, 0.5) is 5.69 Å². The maximum absolute atomic E-state index is 14.5. The average Bonchev–Trinajstić information content (AvgIpc) is 3.39. The van der Waals surface area contributed by atoms with Crippen molar-refractivity contribution in [2.45, 2.75) is 56.6 Å². The van der Waals surface area contributed by atoms with Crippen LogP contribution in [0.1, 0.15) is 37.0 Å². The van der Waals surface area contributed by atoms with Crippen molar-refractivity contribution >= 4 is 41.0 Å². The Morgan fingerprint density at radius 3 is 2.56 bits per heavy atom. The number of anilines is 1. The predicted molar refractivity (Wildman–Crippen MR) is 166 cm³/mol. The van der Waals surface area contributed by atoms with E-state index < -0.39 is 59.5 Å². The Morgan fingerprint density at radius 2 is 1.82 bits per heavy atom. The molecular weight excluding hydrogens is 598 g/mol. The maximum Gasteiger partial charge on any atom is 0.313 e. The largest absolute Gasteiger partial charge is 0.455 e. The minimum Gasteiger partial charge on any atom is -0.455 e. The van der Waals surface area contributed by atoms with Crippen LogP contribution in [0, 0.1) is 18.8 Å². The van der Waals surface area contributed by atoms with Gasteiger partial charge in [0, 0.05) is 19.5 Å². The summed E-state index contributed by atoms with van der Waals surface area (Å²) >= 11 is 6.59. The van der Waals surface area contributed by atoms with E-state index in [0.717, 1.165) is 5.56 Å². The molecule has 2 aromatic carbocycles. The molecule has 2 N–H and O–H groups in total. The highest BCUT2D eigenvalue weighted by atomic mass is 35.5. The van der Waals surface area contributed by atoms with Crippen LogP contribution in [0.15, 0.2) is 72.8 Å². The molecule has 2 fully saturated rings. The highest BCUT2D eigenvalue weighted by Gasteiger charge is 2.72. The second-order valence-electron chi connectivity index (χ2n) is 11.9. The lowest BCUT2D eigenvalue weighted by molar-refractivity contribution is -0.161. The number of para-hydroxylation sites is 1. The lowest BCUT2D eigenvalue weighted by atomic mass is 9.77. The van der Waals surface area contributed by atoms with Gasteiger partial charge in [0.2, 0.25) is 11.8 Å². The summed E-state index contributed by atoms with van der Waals surface area (Å²) in [5.41, 5.74) is 0.461. The number of cyclic esters (lactones) is 1. The van der Waals surface area contributed by atoms with Gasteiger partial charge in [-0.15, -0.1) is 0 Å². The number of rotatable bonds is 4. The second kappa shape index (κ2) is 12.4. The summed E-state index contributed by atoms with van der Waals surface area (Å²) in [5.74, 6) is -3.98. The number of allylic oxidation sites excluding steroid dienone is 1. The van der Waals surface area contributed by atoms with E-state index in [1.54, 1.807) is 43.4 Å². The molecule has 3 amide bonds. The number of aliphatic hydroxyl groups excluding tert-OH is 1. The zero-order valence-corrected chi connectivity index (χ0v) is 25.9. The molecular formula is C34H36ClN3O7. The van der Waals surface area contributed by atoms with Crippen molar-refractivity contribution in [2.75, 3.05) is 24.6 Å². The zero-order valence-electron chi connectivity index (χ0n) is 25.1. The quantitative estimate of drug-likeness (QED) is 0.391. The van der Waals surface area contributed by atoms with Crippen molar-refractivity contribution in [1.29, 1.82) is 0 Å². The summed E-state index contributed by atoms with van der Waals surface area (Å²) in [7, 11) is 0. The Kier molecular flexibility index (Phi) is 8.56. The van der Waals surface area contributed by atoms with Crippen molar-refractivity contribution in [3.8, 4) is 0 Å². The van der Waals surface area contributed by atoms with Gasteiger partial charge in [0.25, 0.3) is 5.91 Å². The molecule has 0 bridgehead atoms. The standard InChI is InChI=1S/C34H36ClN3O7/c1-20-10-8-13-23(35)28(20)37-17-9-16-34-27(31(41)38(18-19-39)30(34)32(37)42)26-24(45-34)14-6-7-15-25(40)36-21(2)29(44-33(26)43)22-11-4-3-5-12-22/h3-6,8-14,16,21,24,26-27,29-30,39H,7,15,17-19H2,1-2H3,(H,36,40)/b14-6-/t21-,24-,26+,27+,29+,30-,34+/m1/s1. The summed E-state index contributed by atoms with van der Waals surface area (Å²) in [4.78, 5) is 58.7. The number of halogens is 1. The van der Waals surface area contributed by atoms with E-state index in [1.165, 1.54) is 9.80 Å². The molecule has 10 nitrogen and oxygen atoms in total. The van der Waals surface area contributed by atoms with E-state index in [0.29, 0.717) is 22.7 Å². The molecule has 7 atom stereocenters. The van der Waals surface area contributed by atoms with Crippen molar-refractivity contribution in [2.24, 2.45) is 11.8 Å². The Bertz CT molecular complexity index is 1540. The van der Waals surface area contributed by atoms with E-state index in [-0.39, 0.29) is 32.0 Å². The van der Waals surface area contributed by atoms with Crippen molar-refractivity contribution in [3.63, 3.8) is 0 Å². The first kappa shape index (κ1) is 31.0. The summed E-state index contributed by atoms with van der Waals surface area (Å²) in [5, 5.41) is 13.3. The van der Waals surface area contributed by atoms with Crippen LogP contribution in [0.5, 0.6) is 0 Å². The molecule has 4 aliphatic rings. The minimum atomic E-state index is -1.52. The fourth-order valence-electron chi connectivity index (χ4n) is 7.22. The number of carbonyl (C=O) groups is 4. The normalized spacial score (nSPS) is 32.4. The van der Waals surface area contributed by atoms with Gasteiger partial charge in [-0.2, -0.15) is 0 Å². The molecule has 6 rings (SSSR count). The minimum absolute atomic E-state index is 0.127. The van der Waals surface area contributed by atoms with Crippen LogP contribution in [0.2, 0.25) is 5.02 Å². The monoisotopic (exact) mass is 633 g/mol. The SMILES string of the molecule is Cc1cccc(Cl)c1N1CC=C[C@]23O[C@@H]4/C=C\CCC(=O)N[C@H](C)[C@@H](c5ccccc5)OC(=O)[C@@H]4[C@H]2C(=O)N(CCO)[C@@H]3C1=O. The lowest BCUT2D eigenvalue weighted by Gasteiger charge is -2.35. The van der Waals surface area contributed by atoms with E-state index >= 15 is 0 Å². The third-order valence-corrected chi connectivity index (χ3v) is 9.45. The number of nitrogens with one attached hydrogen (secondary N) is 1. The van der Waals surface area contributed by atoms with Crippen LogP contribution < -0.4 is 10.2 Å². The lowest BCUT2D eigenvalue weighted by Crippen LogP contribution is -2.56. The summed E-state index contributed by atoms with van der Waals surface area (Å²) in [6.07, 6.45) is 5.78. The number of esters is 1. The number of amides is 3. The van der Waals surface area contributed by atoms with E-state index in [4.69, 9.17) is 21.1 Å². The Labute approximate surface area is 266 Å². The number of nitrogens with zero attached hydrogens (tertiary/aromatic N) is 2. The third-order valence-electron chi connectivity index (χ3n) is 9.14. The molecule has 0 aliphatic carbocycles. The number of β-amino-alcohol motifs (C(OH)–C–C–N with tert-alkyl or cyclic N) is 1. The number of likely N-dealkylation sites (tertiary alicyclic amines) is 1. The van der Waals surface area contributed by atoms with Crippen molar-refractivity contribution in [3.05, 3.63) is 89.0 Å². The molecule has 0 saturated carbocycles. The summed E-state index contributed by atoms with van der Waals surface area (Å²) < 4.78 is 12.9. The van der Waals surface area contributed by atoms with Gasteiger partial charge in [0.1, 0.15) is 23.7 Å². The Hall–Kier alpha value is -3.99. The number of aliphatic hydroxyl groups is 1. The first-order chi connectivity index (χ1) is 21.7. The Balaban J connectivity index is 1.45. The van der Waals surface area contributed by atoms with Gasteiger partial charge in [-0.25, -0.2) is 0 Å².